The summed E-state index contributed by atoms with van der Waals surface area (Å²) in [6.45, 7) is -0.605. The monoisotopic (exact) mass is 750 g/mol. The highest BCUT2D eigenvalue weighted by Gasteiger charge is 2.34. The van der Waals surface area contributed by atoms with Crippen molar-refractivity contribution in [1.29, 1.82) is 5.41 Å². The predicted molar refractivity (Wildman–Crippen MR) is 164 cm³/mol. The van der Waals surface area contributed by atoms with Gasteiger partial charge in [0.1, 0.15) is 19.9 Å². The summed E-state index contributed by atoms with van der Waals surface area (Å²) >= 11 is 0. The summed E-state index contributed by atoms with van der Waals surface area (Å²) in [7, 11) is -15.1. The SMILES string of the molecule is N=c1ccc2c(-c3cc(C(=O)ON4C(=O)CCC4=O)ccc3C(=O)O)c3ccc(N)c(S(=O)(=O)NCCCS(=O)(=O)[O-])c3oc-2c1S(=O)(=O)[O-]. The van der Waals surface area contributed by atoms with Crippen molar-refractivity contribution in [2.45, 2.75) is 29.1 Å². The lowest BCUT2D eigenvalue weighted by atomic mass is 9.89. The van der Waals surface area contributed by atoms with Crippen LogP contribution in [0.25, 0.3) is 33.4 Å². The molecule has 0 unspecified atom stereocenters. The molecular weight excluding hydrogens is 729 g/mol. The second-order valence-corrected chi connectivity index (χ2v) is 15.2. The van der Waals surface area contributed by atoms with Crippen molar-refractivity contribution in [2.24, 2.45) is 0 Å². The first-order chi connectivity index (χ1) is 23.2. The molecule has 22 heteroatoms. The van der Waals surface area contributed by atoms with Gasteiger partial charge < -0.3 is 29.2 Å². The fourth-order valence-electron chi connectivity index (χ4n) is 5.19. The highest BCUT2D eigenvalue weighted by Crippen LogP contribution is 2.46. The number of rotatable bonds is 11. The van der Waals surface area contributed by atoms with Crippen molar-refractivity contribution in [2.75, 3.05) is 18.0 Å². The summed E-state index contributed by atoms with van der Waals surface area (Å²) in [5.74, 6) is -6.38. The van der Waals surface area contributed by atoms with Crippen LogP contribution in [0, 0.1) is 5.41 Å². The van der Waals surface area contributed by atoms with Crippen LogP contribution in [0.5, 0.6) is 0 Å². The summed E-state index contributed by atoms with van der Waals surface area (Å²) in [4.78, 5) is 52.4. The van der Waals surface area contributed by atoms with Crippen molar-refractivity contribution >= 4 is 70.7 Å². The van der Waals surface area contributed by atoms with Gasteiger partial charge in [0.25, 0.3) is 11.8 Å². The Labute approximate surface area is 281 Å². The zero-order valence-corrected chi connectivity index (χ0v) is 27.4. The fraction of sp³-hybridized carbons (Fsp3) is 0.179. The van der Waals surface area contributed by atoms with E-state index >= 15 is 0 Å². The van der Waals surface area contributed by atoms with E-state index in [0.717, 1.165) is 42.5 Å². The number of hydrogen-bond acceptors (Lipinski definition) is 16. The van der Waals surface area contributed by atoms with Crippen LogP contribution in [0.4, 0.5) is 5.69 Å². The standard InChI is InChI=1S/C28H24N4O15S3/c29-18-6-4-15-22(17-12-13(2-3-14(17)27(35)36)28(37)47-32-20(33)8-9-21(32)34)16-5-7-19(30)26(50(43,44)45)24(16)46-23(15)25(18)49(41,42)31-10-1-11-48(38,39)40/h2-7,12,30-31H,1,8-11,29H2,(H,35,36)(H,38,39,40)(H,43,44,45)/p-2. The Morgan fingerprint density at radius 2 is 1.62 bits per heavy atom. The van der Waals surface area contributed by atoms with Gasteiger partial charge in [0, 0.05) is 41.7 Å². The number of nitrogens with zero attached hydrogens (tertiary/aromatic N) is 1. The van der Waals surface area contributed by atoms with Crippen LogP contribution in [0.3, 0.4) is 0 Å². The molecule has 0 aromatic heterocycles. The zero-order chi connectivity index (χ0) is 36.9. The Balaban J connectivity index is 1.84. The van der Waals surface area contributed by atoms with Gasteiger partial charge in [-0.25, -0.2) is 39.6 Å². The van der Waals surface area contributed by atoms with Crippen LogP contribution in [0.2, 0.25) is 0 Å². The molecule has 264 valence electrons. The number of carboxylic acid groups (broad SMARTS) is 1. The highest BCUT2D eigenvalue weighted by molar-refractivity contribution is 7.90. The molecule has 0 spiro atoms. The molecule has 2 aromatic rings. The molecule has 2 aromatic carbocycles. The molecule has 50 heavy (non-hydrogen) atoms. The van der Waals surface area contributed by atoms with Gasteiger partial charge in [-0.2, -0.15) is 0 Å². The molecule has 0 atom stereocenters. The molecular formula is C28H22N4O15S3-2. The molecule has 2 amide bonds. The number of anilines is 1. The van der Waals surface area contributed by atoms with Crippen molar-refractivity contribution in [3.8, 4) is 22.5 Å². The highest BCUT2D eigenvalue weighted by atomic mass is 32.2. The van der Waals surface area contributed by atoms with Crippen molar-refractivity contribution < 1.29 is 67.9 Å². The summed E-state index contributed by atoms with van der Waals surface area (Å²) in [5.41, 5.74) is 2.64. The predicted octanol–water partition coefficient (Wildman–Crippen LogP) is 0.303. The molecule has 5 N–H and O–H groups in total. The lowest BCUT2D eigenvalue weighted by Gasteiger charge is -2.22. The average molecular weight is 751 g/mol. The van der Waals surface area contributed by atoms with Crippen LogP contribution >= 0.6 is 0 Å². The van der Waals surface area contributed by atoms with Crippen molar-refractivity contribution in [1.82, 2.24) is 9.79 Å². The first kappa shape index (κ1) is 36.0. The number of sulfonamides is 1. The molecule has 0 radical (unpaired) electrons. The van der Waals surface area contributed by atoms with E-state index in [2.05, 4.69) is 0 Å². The van der Waals surface area contributed by atoms with Crippen LogP contribution in [0.15, 0.2) is 56.7 Å². The summed E-state index contributed by atoms with van der Waals surface area (Å²) < 4.78 is 105. The molecule has 1 fully saturated rings. The quantitative estimate of drug-likeness (QED) is 0.0526. The average Bonchev–Trinajstić information content (AvgIpc) is 3.32. The minimum Gasteiger partial charge on any atom is -0.748 e. The molecule has 2 aliphatic heterocycles. The minimum atomic E-state index is -5.56. The molecule has 5 rings (SSSR count). The van der Waals surface area contributed by atoms with Gasteiger partial charge in [0.2, 0.25) is 10.0 Å². The third kappa shape index (κ3) is 6.92. The third-order valence-corrected chi connectivity index (χ3v) is 10.6. The van der Waals surface area contributed by atoms with Gasteiger partial charge in [0.15, 0.2) is 11.3 Å². The van der Waals surface area contributed by atoms with Crippen LogP contribution in [-0.2, 0) is 44.7 Å². The van der Waals surface area contributed by atoms with E-state index in [4.69, 9.17) is 20.4 Å². The fourth-order valence-corrected chi connectivity index (χ4v) is 7.73. The number of amides is 2. The number of nitrogens with one attached hydrogen (secondary N) is 2. The summed E-state index contributed by atoms with van der Waals surface area (Å²) in [5, 5.41) is 17.3. The van der Waals surface area contributed by atoms with Gasteiger partial charge in [-0.15, -0.1) is 5.06 Å². The summed E-state index contributed by atoms with van der Waals surface area (Å²) in [6, 6.07) is 7.00. The number of carboxylic acids is 1. The number of aromatic carboxylic acids is 1. The van der Waals surface area contributed by atoms with E-state index in [-0.39, 0.29) is 34.4 Å². The molecule has 1 aliphatic carbocycles. The Bertz CT molecular complexity index is 2490. The molecule has 0 bridgehead atoms. The van der Waals surface area contributed by atoms with E-state index in [1.54, 1.807) is 0 Å². The largest absolute Gasteiger partial charge is 0.748 e. The Kier molecular flexibility index (Phi) is 9.29. The number of carbonyl (C=O) groups excluding carboxylic acids is 3. The number of fused-ring (bicyclic) bond motifs is 2. The van der Waals surface area contributed by atoms with Gasteiger partial charge in [-0.05, 0) is 54.4 Å². The van der Waals surface area contributed by atoms with Gasteiger partial charge in [-0.3, -0.25) is 15.0 Å². The van der Waals surface area contributed by atoms with Crippen molar-refractivity contribution in [3.63, 3.8) is 0 Å². The Hall–Kier alpha value is -5.26. The Morgan fingerprint density at radius 3 is 2.22 bits per heavy atom. The third-order valence-electron chi connectivity index (χ3n) is 7.31. The normalized spacial score (nSPS) is 14.1. The zero-order valence-electron chi connectivity index (χ0n) is 25.0. The smallest absolute Gasteiger partial charge is 0.363 e. The number of imide groups is 1. The maximum atomic E-state index is 13.5. The second kappa shape index (κ2) is 12.9. The number of nitrogen functional groups attached to an aromatic ring is 1. The maximum Gasteiger partial charge on any atom is 0.363 e. The number of carbonyl (C=O) groups is 4. The second-order valence-electron chi connectivity index (χ2n) is 10.6. The number of benzene rings is 3. The van der Waals surface area contributed by atoms with E-state index in [0.29, 0.717) is 0 Å². The van der Waals surface area contributed by atoms with Gasteiger partial charge in [-0.1, -0.05) is 0 Å². The van der Waals surface area contributed by atoms with Gasteiger partial charge >= 0.3 is 11.9 Å². The number of nitrogens with two attached hydrogens (primary N) is 1. The van der Waals surface area contributed by atoms with Crippen molar-refractivity contribution in [3.05, 3.63) is 58.9 Å². The van der Waals surface area contributed by atoms with E-state index in [1.807, 2.05) is 4.72 Å². The lowest BCUT2D eigenvalue weighted by molar-refractivity contribution is -0.172. The molecule has 3 aliphatic rings. The van der Waals surface area contributed by atoms with Crippen LogP contribution in [0.1, 0.15) is 40.0 Å². The lowest BCUT2D eigenvalue weighted by Crippen LogP contribution is -2.32. The van der Waals surface area contributed by atoms with Gasteiger partial charge in [0.05, 0.1) is 32.3 Å². The minimum absolute atomic E-state index is 0.231. The Morgan fingerprint density at radius 1 is 0.960 bits per heavy atom. The van der Waals surface area contributed by atoms with Crippen LogP contribution in [-0.4, -0.2) is 80.6 Å². The summed E-state index contributed by atoms with van der Waals surface area (Å²) in [6.07, 6.45) is -0.934. The molecule has 1 saturated heterocycles. The number of hydrogen-bond donors (Lipinski definition) is 4. The first-order valence-electron chi connectivity index (χ1n) is 13.9. The molecule has 0 saturated carbocycles. The van der Waals surface area contributed by atoms with E-state index in [1.165, 1.54) is 0 Å². The number of hydroxylamine groups is 2. The van der Waals surface area contributed by atoms with Crippen LogP contribution < -0.4 is 15.8 Å². The van der Waals surface area contributed by atoms with E-state index in [9.17, 15) is 58.6 Å². The maximum absolute atomic E-state index is 13.5. The van der Waals surface area contributed by atoms with E-state index < -0.39 is 122 Å². The first-order valence-corrected chi connectivity index (χ1v) is 18.4. The molecule has 2 heterocycles. The topological polar surface area (TPSA) is 325 Å². The molecule has 19 nitrogen and oxygen atoms in total.